The Labute approximate surface area is 118 Å². The summed E-state index contributed by atoms with van der Waals surface area (Å²) in [7, 11) is 0. The zero-order chi connectivity index (χ0) is 13.1. The van der Waals surface area contributed by atoms with Gasteiger partial charge in [-0.15, -0.1) is 0 Å². The van der Waals surface area contributed by atoms with Crippen molar-refractivity contribution in [3.8, 4) is 5.75 Å². The van der Waals surface area contributed by atoms with Crippen LogP contribution in [-0.4, -0.2) is 5.11 Å². The summed E-state index contributed by atoms with van der Waals surface area (Å²) in [5.74, 6) is -0.287. The van der Waals surface area contributed by atoms with Crippen molar-refractivity contribution in [2.45, 2.75) is 6.54 Å². The first-order chi connectivity index (χ1) is 8.58. The highest BCUT2D eigenvalue weighted by Crippen LogP contribution is 2.26. The van der Waals surface area contributed by atoms with Gasteiger partial charge in [0.1, 0.15) is 5.75 Å². The zero-order valence-electron chi connectivity index (χ0n) is 9.25. The molecule has 0 aliphatic rings. The van der Waals surface area contributed by atoms with Crippen molar-refractivity contribution in [2.24, 2.45) is 0 Å². The van der Waals surface area contributed by atoms with E-state index in [0.717, 1.165) is 5.56 Å². The number of aromatic hydroxyl groups is 1. The van der Waals surface area contributed by atoms with Crippen molar-refractivity contribution >= 4 is 33.2 Å². The molecule has 94 valence electrons. The van der Waals surface area contributed by atoms with Crippen molar-refractivity contribution in [3.63, 3.8) is 0 Å². The monoisotopic (exact) mass is 329 g/mol. The molecule has 0 bridgehead atoms. The Morgan fingerprint density at radius 3 is 2.78 bits per heavy atom. The number of hydrogen-bond acceptors (Lipinski definition) is 2. The lowest BCUT2D eigenvalue weighted by Gasteiger charge is -2.09. The maximum absolute atomic E-state index is 13.6. The Balaban J connectivity index is 2.11. The fraction of sp³-hybridized carbons (Fsp3) is 0.0769. The van der Waals surface area contributed by atoms with Crippen molar-refractivity contribution in [1.29, 1.82) is 0 Å². The molecule has 0 radical (unpaired) electrons. The molecular formula is C13H10BrClFNO. The Morgan fingerprint density at radius 1 is 1.28 bits per heavy atom. The fourth-order valence-electron chi connectivity index (χ4n) is 1.50. The normalized spacial score (nSPS) is 10.4. The van der Waals surface area contributed by atoms with E-state index in [2.05, 4.69) is 21.2 Å². The molecule has 0 aromatic heterocycles. The van der Waals surface area contributed by atoms with E-state index in [-0.39, 0.29) is 10.8 Å². The van der Waals surface area contributed by atoms with Crippen LogP contribution in [0.2, 0.25) is 5.02 Å². The summed E-state index contributed by atoms with van der Waals surface area (Å²) in [5.41, 5.74) is 1.27. The van der Waals surface area contributed by atoms with Crippen LogP contribution in [0.1, 0.15) is 5.56 Å². The number of halogens is 3. The fourth-order valence-corrected chi connectivity index (χ4v) is 2.10. The van der Waals surface area contributed by atoms with Gasteiger partial charge in [0, 0.05) is 6.54 Å². The molecule has 0 heterocycles. The highest BCUT2D eigenvalue weighted by Gasteiger charge is 2.06. The van der Waals surface area contributed by atoms with Gasteiger partial charge in [-0.1, -0.05) is 23.7 Å². The van der Waals surface area contributed by atoms with E-state index in [9.17, 15) is 9.50 Å². The second-order valence-electron chi connectivity index (χ2n) is 3.74. The van der Waals surface area contributed by atoms with Crippen LogP contribution in [-0.2, 0) is 6.54 Å². The largest absolute Gasteiger partial charge is 0.507 e. The van der Waals surface area contributed by atoms with Crippen LogP contribution >= 0.6 is 27.5 Å². The molecule has 0 atom stereocenters. The maximum Gasteiger partial charge on any atom is 0.164 e. The molecule has 18 heavy (non-hydrogen) atoms. The summed E-state index contributed by atoms with van der Waals surface area (Å²) < 4.78 is 14.2. The lowest BCUT2D eigenvalue weighted by atomic mass is 10.2. The number of anilines is 1. The standard InChI is InChI=1S/C13H10BrClFNO/c14-9-6-8(4-5-12(9)18)7-17-11-3-1-2-10(15)13(11)16/h1-6,17-18H,7H2. The lowest BCUT2D eigenvalue weighted by Crippen LogP contribution is -2.01. The van der Waals surface area contributed by atoms with Crippen LogP contribution in [0.5, 0.6) is 5.75 Å². The van der Waals surface area contributed by atoms with Gasteiger partial charge >= 0.3 is 0 Å². The average molecular weight is 331 g/mol. The molecule has 2 rings (SSSR count). The molecule has 0 amide bonds. The summed E-state index contributed by atoms with van der Waals surface area (Å²) in [6.45, 7) is 0.441. The van der Waals surface area contributed by atoms with Gasteiger partial charge in [-0.25, -0.2) is 4.39 Å². The molecule has 2 N–H and O–H groups in total. The third-order valence-corrected chi connectivity index (χ3v) is 3.37. The highest BCUT2D eigenvalue weighted by atomic mass is 79.9. The molecule has 5 heteroatoms. The zero-order valence-corrected chi connectivity index (χ0v) is 11.6. The van der Waals surface area contributed by atoms with Gasteiger partial charge in [-0.2, -0.15) is 0 Å². The molecule has 0 spiro atoms. The average Bonchev–Trinajstić information content (AvgIpc) is 2.35. The smallest absolute Gasteiger partial charge is 0.164 e. The van der Waals surface area contributed by atoms with Crippen molar-refractivity contribution in [3.05, 3.63) is 57.3 Å². The number of nitrogens with one attached hydrogen (secondary N) is 1. The quantitative estimate of drug-likeness (QED) is 0.864. The van der Waals surface area contributed by atoms with Gasteiger partial charge in [0.2, 0.25) is 0 Å². The van der Waals surface area contributed by atoms with E-state index in [1.807, 2.05) is 0 Å². The number of benzene rings is 2. The molecule has 0 aliphatic carbocycles. The molecule has 0 fully saturated rings. The Hall–Kier alpha value is -1.26. The number of hydrogen-bond donors (Lipinski definition) is 2. The molecule has 2 aromatic rings. The predicted molar refractivity (Wildman–Crippen MR) is 74.5 cm³/mol. The summed E-state index contributed by atoms with van der Waals surface area (Å²) in [5, 5.41) is 12.4. The van der Waals surface area contributed by atoms with Crippen LogP contribution in [0.25, 0.3) is 0 Å². The van der Waals surface area contributed by atoms with E-state index in [1.54, 1.807) is 30.3 Å². The van der Waals surface area contributed by atoms with Crippen molar-refractivity contribution in [1.82, 2.24) is 0 Å². The topological polar surface area (TPSA) is 32.3 Å². The van der Waals surface area contributed by atoms with Gasteiger partial charge in [-0.05, 0) is 45.8 Å². The molecule has 2 aromatic carbocycles. The van der Waals surface area contributed by atoms with Gasteiger partial charge in [0.25, 0.3) is 0 Å². The summed E-state index contributed by atoms with van der Waals surface area (Å²) >= 11 is 8.91. The molecule has 0 saturated heterocycles. The van der Waals surface area contributed by atoms with E-state index in [1.165, 1.54) is 6.07 Å². The van der Waals surface area contributed by atoms with E-state index >= 15 is 0 Å². The molecular weight excluding hydrogens is 321 g/mol. The van der Waals surface area contributed by atoms with E-state index in [4.69, 9.17) is 11.6 Å². The second-order valence-corrected chi connectivity index (χ2v) is 5.00. The SMILES string of the molecule is Oc1ccc(CNc2cccc(Cl)c2F)cc1Br. The number of phenolic OH excluding ortho intramolecular Hbond substituents is 1. The van der Waals surface area contributed by atoms with Gasteiger partial charge in [0.05, 0.1) is 15.2 Å². The second kappa shape index (κ2) is 5.59. The highest BCUT2D eigenvalue weighted by molar-refractivity contribution is 9.10. The first-order valence-electron chi connectivity index (χ1n) is 5.23. The van der Waals surface area contributed by atoms with Crippen molar-refractivity contribution < 1.29 is 9.50 Å². The van der Waals surface area contributed by atoms with E-state index in [0.29, 0.717) is 16.7 Å². The lowest BCUT2D eigenvalue weighted by molar-refractivity contribution is 0.471. The first-order valence-corrected chi connectivity index (χ1v) is 6.40. The van der Waals surface area contributed by atoms with Crippen LogP contribution in [0, 0.1) is 5.82 Å². The van der Waals surface area contributed by atoms with Crippen molar-refractivity contribution in [2.75, 3.05) is 5.32 Å². The maximum atomic E-state index is 13.6. The summed E-state index contributed by atoms with van der Waals surface area (Å²) in [6, 6.07) is 9.91. The van der Waals surface area contributed by atoms with Crippen LogP contribution < -0.4 is 5.32 Å². The molecule has 0 saturated carbocycles. The minimum absolute atomic E-state index is 0.0897. The molecule has 0 aliphatic heterocycles. The third-order valence-electron chi connectivity index (χ3n) is 2.45. The number of phenols is 1. The molecule has 2 nitrogen and oxygen atoms in total. The number of rotatable bonds is 3. The Morgan fingerprint density at radius 2 is 2.06 bits per heavy atom. The van der Waals surface area contributed by atoms with Crippen LogP contribution in [0.4, 0.5) is 10.1 Å². The van der Waals surface area contributed by atoms with Gasteiger partial charge < -0.3 is 10.4 Å². The Bertz CT molecular complexity index is 577. The minimum atomic E-state index is -0.461. The van der Waals surface area contributed by atoms with E-state index < -0.39 is 5.82 Å². The van der Waals surface area contributed by atoms with Crippen LogP contribution in [0.3, 0.4) is 0 Å². The van der Waals surface area contributed by atoms with Crippen LogP contribution in [0.15, 0.2) is 40.9 Å². The summed E-state index contributed by atoms with van der Waals surface area (Å²) in [4.78, 5) is 0. The first kappa shape index (κ1) is 13.2. The van der Waals surface area contributed by atoms with Gasteiger partial charge in [0.15, 0.2) is 5.82 Å². The minimum Gasteiger partial charge on any atom is -0.507 e. The molecule has 0 unspecified atom stereocenters. The summed E-state index contributed by atoms with van der Waals surface area (Å²) in [6.07, 6.45) is 0. The Kier molecular flexibility index (Phi) is 4.09. The predicted octanol–water partition coefficient (Wildman–Crippen LogP) is 4.56. The van der Waals surface area contributed by atoms with Gasteiger partial charge in [-0.3, -0.25) is 0 Å². The third kappa shape index (κ3) is 2.94.